The lowest BCUT2D eigenvalue weighted by molar-refractivity contribution is -0.132. The van der Waals surface area contributed by atoms with Gasteiger partial charge in [0.15, 0.2) is 0 Å². The molecule has 0 radical (unpaired) electrons. The number of carbonyl (C=O) groups excluding carboxylic acids is 1. The van der Waals surface area contributed by atoms with Crippen LogP contribution in [0.5, 0.6) is 0 Å². The highest BCUT2D eigenvalue weighted by Gasteiger charge is 2.22. The number of amides is 1. The summed E-state index contributed by atoms with van der Waals surface area (Å²) >= 11 is 3.31. The van der Waals surface area contributed by atoms with Crippen molar-refractivity contribution < 1.29 is 4.79 Å². The Bertz CT molecular complexity index is 1120. The monoisotopic (exact) mass is 435 g/mol. The molecule has 5 rings (SSSR count). The van der Waals surface area contributed by atoms with Crippen molar-refractivity contribution in [3.05, 3.63) is 64.9 Å². The second kappa shape index (κ2) is 8.59. The number of pyridine rings is 1. The van der Waals surface area contributed by atoms with Crippen molar-refractivity contribution in [1.82, 2.24) is 24.8 Å². The predicted molar refractivity (Wildman–Crippen MR) is 121 cm³/mol. The molecule has 1 aliphatic rings. The van der Waals surface area contributed by atoms with E-state index in [-0.39, 0.29) is 5.91 Å². The molecule has 0 bridgehead atoms. The first-order chi connectivity index (χ1) is 14.7. The molecule has 1 aromatic carbocycles. The number of carbonyl (C=O) groups is 1. The number of fused-ring (bicyclic) bond motifs is 1. The fraction of sp³-hybridized carbons (Fsp3) is 0.273. The van der Waals surface area contributed by atoms with Crippen LogP contribution in [0.3, 0.4) is 0 Å². The Hall–Kier alpha value is -2.68. The van der Waals surface area contributed by atoms with Crippen LogP contribution in [-0.2, 0) is 17.8 Å². The summed E-state index contributed by atoms with van der Waals surface area (Å²) in [5, 5.41) is 4.02. The van der Waals surface area contributed by atoms with E-state index < -0.39 is 0 Å². The average molecular weight is 436 g/mol. The van der Waals surface area contributed by atoms with Crippen LogP contribution in [0.2, 0.25) is 0 Å². The minimum absolute atomic E-state index is 0.151. The van der Waals surface area contributed by atoms with Gasteiger partial charge in [-0.25, -0.2) is 9.97 Å². The molecule has 0 spiro atoms. The molecule has 0 saturated carbocycles. The Morgan fingerprint density at radius 1 is 1.03 bits per heavy atom. The van der Waals surface area contributed by atoms with Gasteiger partial charge in [0.25, 0.3) is 0 Å². The fourth-order valence-electron chi connectivity index (χ4n) is 3.61. The first kappa shape index (κ1) is 19.3. The Labute approximate surface area is 182 Å². The number of rotatable bonds is 5. The molecule has 1 saturated heterocycles. The third-order valence-electron chi connectivity index (χ3n) is 5.21. The van der Waals surface area contributed by atoms with Crippen LogP contribution in [0.1, 0.15) is 10.7 Å². The van der Waals surface area contributed by atoms with Crippen molar-refractivity contribution in [1.29, 1.82) is 0 Å². The molecular weight excluding hydrogens is 414 g/mol. The third-order valence-corrected chi connectivity index (χ3v) is 7.18. The number of hydrogen-bond donors (Lipinski definition) is 0. The lowest BCUT2D eigenvalue weighted by atomic mass is 10.2. The molecule has 0 unspecified atom stereocenters. The van der Waals surface area contributed by atoms with Gasteiger partial charge in [0.1, 0.15) is 10.0 Å². The van der Waals surface area contributed by atoms with Crippen LogP contribution in [0.25, 0.3) is 20.8 Å². The maximum absolute atomic E-state index is 12.7. The average Bonchev–Trinajstić information content (AvgIpc) is 3.41. The SMILES string of the molecule is O=C(Cc1csc(-c2cccnc2)n1)N1CCN(Cc2nc3ccccc3s2)CC1. The molecule has 1 aliphatic heterocycles. The van der Waals surface area contributed by atoms with Gasteiger partial charge < -0.3 is 4.90 Å². The van der Waals surface area contributed by atoms with Gasteiger partial charge >= 0.3 is 0 Å². The number of nitrogens with zero attached hydrogens (tertiary/aromatic N) is 5. The normalized spacial score (nSPS) is 15.0. The number of para-hydroxylation sites is 1. The van der Waals surface area contributed by atoms with Crippen LogP contribution >= 0.6 is 22.7 Å². The Kier molecular flexibility index (Phi) is 5.52. The van der Waals surface area contributed by atoms with E-state index >= 15 is 0 Å². The van der Waals surface area contributed by atoms with Crippen LogP contribution in [-0.4, -0.2) is 56.8 Å². The molecule has 6 nitrogen and oxygen atoms in total. The lowest BCUT2D eigenvalue weighted by Gasteiger charge is -2.34. The van der Waals surface area contributed by atoms with Crippen molar-refractivity contribution in [2.75, 3.05) is 26.2 Å². The molecule has 3 aromatic heterocycles. The summed E-state index contributed by atoms with van der Waals surface area (Å²) in [5.41, 5.74) is 2.89. The summed E-state index contributed by atoms with van der Waals surface area (Å²) in [5.74, 6) is 0.151. The largest absolute Gasteiger partial charge is 0.340 e. The van der Waals surface area contributed by atoms with Gasteiger partial charge in [-0.3, -0.25) is 14.7 Å². The number of piperazine rings is 1. The van der Waals surface area contributed by atoms with E-state index in [9.17, 15) is 4.79 Å². The van der Waals surface area contributed by atoms with Crippen molar-refractivity contribution in [2.45, 2.75) is 13.0 Å². The van der Waals surface area contributed by atoms with E-state index in [1.54, 1.807) is 35.1 Å². The molecule has 4 aromatic rings. The summed E-state index contributed by atoms with van der Waals surface area (Å²) in [7, 11) is 0. The number of thiazole rings is 2. The van der Waals surface area contributed by atoms with Gasteiger partial charge in [-0.1, -0.05) is 12.1 Å². The van der Waals surface area contributed by atoms with Crippen LogP contribution in [0.15, 0.2) is 54.2 Å². The number of hydrogen-bond acceptors (Lipinski definition) is 7. The zero-order chi connectivity index (χ0) is 20.3. The van der Waals surface area contributed by atoms with Crippen molar-refractivity contribution >= 4 is 38.8 Å². The molecule has 0 N–H and O–H groups in total. The van der Waals surface area contributed by atoms with Gasteiger partial charge in [0, 0.05) is 49.5 Å². The summed E-state index contributed by atoms with van der Waals surface area (Å²) in [6.45, 7) is 4.11. The number of benzene rings is 1. The number of aromatic nitrogens is 3. The lowest BCUT2D eigenvalue weighted by Crippen LogP contribution is -2.48. The quantitative estimate of drug-likeness (QED) is 0.478. The van der Waals surface area contributed by atoms with E-state index in [0.29, 0.717) is 6.42 Å². The molecule has 0 aliphatic carbocycles. The first-order valence-corrected chi connectivity index (χ1v) is 11.6. The van der Waals surface area contributed by atoms with Crippen molar-refractivity contribution in [3.63, 3.8) is 0 Å². The Morgan fingerprint density at radius 2 is 1.90 bits per heavy atom. The van der Waals surface area contributed by atoms with E-state index in [1.165, 1.54) is 4.70 Å². The van der Waals surface area contributed by atoms with Crippen LogP contribution < -0.4 is 0 Å². The third kappa shape index (κ3) is 4.26. The molecule has 4 heterocycles. The summed E-state index contributed by atoms with van der Waals surface area (Å²) in [6.07, 6.45) is 3.90. The summed E-state index contributed by atoms with van der Waals surface area (Å²) < 4.78 is 1.23. The zero-order valence-corrected chi connectivity index (χ0v) is 18.0. The smallest absolute Gasteiger partial charge is 0.228 e. The topological polar surface area (TPSA) is 62.2 Å². The standard InChI is InChI=1S/C22H21N5OS2/c28-21(12-17-15-29-22(24-17)16-4-3-7-23-13-16)27-10-8-26(9-11-27)14-20-25-18-5-1-2-6-19(18)30-20/h1-7,13,15H,8-12,14H2. The first-order valence-electron chi connectivity index (χ1n) is 9.94. The van der Waals surface area contributed by atoms with Crippen molar-refractivity contribution in [3.8, 4) is 10.6 Å². The van der Waals surface area contributed by atoms with Gasteiger partial charge in [-0.15, -0.1) is 22.7 Å². The van der Waals surface area contributed by atoms with E-state index in [2.05, 4.69) is 33.1 Å². The zero-order valence-electron chi connectivity index (χ0n) is 16.4. The fourth-order valence-corrected chi connectivity index (χ4v) is 5.43. The second-order valence-corrected chi connectivity index (χ2v) is 9.27. The van der Waals surface area contributed by atoms with E-state index in [0.717, 1.165) is 59.5 Å². The maximum atomic E-state index is 12.7. The van der Waals surface area contributed by atoms with Gasteiger partial charge in [-0.2, -0.15) is 0 Å². The summed E-state index contributed by atoms with van der Waals surface area (Å²) in [4.78, 5) is 30.6. The second-order valence-electron chi connectivity index (χ2n) is 7.29. The van der Waals surface area contributed by atoms with Gasteiger partial charge in [-0.05, 0) is 24.3 Å². The Balaban J connectivity index is 1.15. The highest BCUT2D eigenvalue weighted by atomic mass is 32.1. The van der Waals surface area contributed by atoms with Crippen LogP contribution in [0.4, 0.5) is 0 Å². The molecule has 1 fully saturated rings. The van der Waals surface area contributed by atoms with Gasteiger partial charge in [0.2, 0.25) is 5.91 Å². The van der Waals surface area contributed by atoms with E-state index in [4.69, 9.17) is 4.98 Å². The Morgan fingerprint density at radius 3 is 2.70 bits per heavy atom. The maximum Gasteiger partial charge on any atom is 0.228 e. The highest BCUT2D eigenvalue weighted by molar-refractivity contribution is 7.18. The van der Waals surface area contributed by atoms with Gasteiger partial charge in [0.05, 0.1) is 28.9 Å². The molecule has 152 valence electrons. The predicted octanol–water partition coefficient (Wildman–Crippen LogP) is 3.70. The summed E-state index contributed by atoms with van der Waals surface area (Å²) in [6, 6.07) is 12.1. The molecule has 0 atom stereocenters. The molecule has 1 amide bonds. The minimum atomic E-state index is 0.151. The van der Waals surface area contributed by atoms with Crippen LogP contribution in [0, 0.1) is 0 Å². The molecule has 30 heavy (non-hydrogen) atoms. The van der Waals surface area contributed by atoms with E-state index in [1.807, 2.05) is 28.5 Å². The minimum Gasteiger partial charge on any atom is -0.340 e. The molecule has 8 heteroatoms. The van der Waals surface area contributed by atoms with Crippen molar-refractivity contribution in [2.24, 2.45) is 0 Å². The highest BCUT2D eigenvalue weighted by Crippen LogP contribution is 2.24. The molecular formula is C22H21N5OS2.